The van der Waals surface area contributed by atoms with Gasteiger partial charge in [-0.05, 0) is 12.1 Å². The van der Waals surface area contributed by atoms with E-state index in [1.54, 1.807) is 24.3 Å². The Labute approximate surface area is 98.5 Å². The molecule has 17 heavy (non-hydrogen) atoms. The Morgan fingerprint density at radius 1 is 1.35 bits per heavy atom. The van der Waals surface area contributed by atoms with Gasteiger partial charge in [-0.2, -0.15) is 0 Å². The second-order valence-electron chi connectivity index (χ2n) is 3.42. The SMILES string of the molecule is CN(C(=O)N[C@H](CO)C(=O)O)c1ccccc1. The molecule has 3 N–H and O–H groups in total. The quantitative estimate of drug-likeness (QED) is 0.702. The van der Waals surface area contributed by atoms with E-state index >= 15 is 0 Å². The summed E-state index contributed by atoms with van der Waals surface area (Å²) >= 11 is 0. The van der Waals surface area contributed by atoms with Crippen LogP contribution in [0.5, 0.6) is 0 Å². The zero-order valence-corrected chi connectivity index (χ0v) is 9.33. The van der Waals surface area contributed by atoms with Crippen molar-refractivity contribution in [3.8, 4) is 0 Å². The summed E-state index contributed by atoms with van der Waals surface area (Å²) < 4.78 is 0. The predicted octanol–water partition coefficient (Wildman–Crippen LogP) is 0.278. The maximum Gasteiger partial charge on any atom is 0.328 e. The summed E-state index contributed by atoms with van der Waals surface area (Å²) in [6.45, 7) is -0.649. The van der Waals surface area contributed by atoms with Crippen LogP contribution in [0.4, 0.5) is 10.5 Å². The first-order valence-corrected chi connectivity index (χ1v) is 4.99. The molecular weight excluding hydrogens is 224 g/mol. The summed E-state index contributed by atoms with van der Waals surface area (Å²) in [5.41, 5.74) is 0.632. The molecule has 0 heterocycles. The fraction of sp³-hybridized carbons (Fsp3) is 0.273. The highest BCUT2D eigenvalue weighted by Gasteiger charge is 2.21. The first kappa shape index (κ1) is 13.0. The maximum atomic E-state index is 11.7. The van der Waals surface area contributed by atoms with E-state index in [0.717, 1.165) is 0 Å². The van der Waals surface area contributed by atoms with Gasteiger partial charge in [0.05, 0.1) is 6.61 Å². The first-order valence-electron chi connectivity index (χ1n) is 4.99. The molecule has 0 radical (unpaired) electrons. The van der Waals surface area contributed by atoms with Crippen LogP contribution in [0.3, 0.4) is 0 Å². The van der Waals surface area contributed by atoms with Crippen molar-refractivity contribution in [2.45, 2.75) is 6.04 Å². The fourth-order valence-electron chi connectivity index (χ4n) is 1.20. The molecule has 0 saturated carbocycles. The molecule has 6 heteroatoms. The Kier molecular flexibility index (Phi) is 4.47. The molecule has 1 atom stereocenters. The van der Waals surface area contributed by atoms with Gasteiger partial charge < -0.3 is 15.5 Å². The third-order valence-electron chi connectivity index (χ3n) is 2.23. The van der Waals surface area contributed by atoms with Crippen LogP contribution in [0.25, 0.3) is 0 Å². The van der Waals surface area contributed by atoms with Crippen molar-refractivity contribution in [3.63, 3.8) is 0 Å². The third kappa shape index (κ3) is 3.46. The number of hydrogen-bond acceptors (Lipinski definition) is 3. The van der Waals surface area contributed by atoms with E-state index in [1.807, 2.05) is 6.07 Å². The van der Waals surface area contributed by atoms with E-state index in [2.05, 4.69) is 5.32 Å². The van der Waals surface area contributed by atoms with Crippen LogP contribution in [0.1, 0.15) is 0 Å². The summed E-state index contributed by atoms with van der Waals surface area (Å²) in [6.07, 6.45) is 0. The molecule has 0 saturated heterocycles. The zero-order valence-electron chi connectivity index (χ0n) is 9.33. The lowest BCUT2D eigenvalue weighted by molar-refractivity contribution is -0.140. The number of hydrogen-bond donors (Lipinski definition) is 3. The molecule has 0 spiro atoms. The van der Waals surface area contributed by atoms with Crippen molar-refractivity contribution in [1.29, 1.82) is 0 Å². The van der Waals surface area contributed by atoms with Gasteiger partial charge in [-0.3, -0.25) is 4.90 Å². The van der Waals surface area contributed by atoms with Crippen molar-refractivity contribution in [2.75, 3.05) is 18.6 Å². The van der Waals surface area contributed by atoms with Gasteiger partial charge in [0, 0.05) is 12.7 Å². The lowest BCUT2D eigenvalue weighted by Gasteiger charge is -2.20. The average Bonchev–Trinajstić information content (AvgIpc) is 2.35. The first-order chi connectivity index (χ1) is 8.06. The molecule has 0 aromatic heterocycles. The fourth-order valence-corrected chi connectivity index (χ4v) is 1.20. The van der Waals surface area contributed by atoms with Crippen LogP contribution in [-0.4, -0.2) is 41.9 Å². The van der Waals surface area contributed by atoms with Gasteiger partial charge in [0.1, 0.15) is 0 Å². The van der Waals surface area contributed by atoms with Crippen LogP contribution in [0.15, 0.2) is 30.3 Å². The number of anilines is 1. The highest BCUT2D eigenvalue weighted by Crippen LogP contribution is 2.10. The molecule has 6 nitrogen and oxygen atoms in total. The van der Waals surface area contributed by atoms with Crippen molar-refractivity contribution >= 4 is 17.7 Å². The minimum absolute atomic E-state index is 0.586. The second kappa shape index (κ2) is 5.86. The Balaban J connectivity index is 2.68. The third-order valence-corrected chi connectivity index (χ3v) is 2.23. The summed E-state index contributed by atoms with van der Waals surface area (Å²) in [5, 5.41) is 19.7. The molecule has 0 fully saturated rings. The van der Waals surface area contributed by atoms with E-state index in [4.69, 9.17) is 10.2 Å². The number of carboxylic acid groups (broad SMARTS) is 1. The Bertz CT molecular complexity index is 394. The number of rotatable bonds is 4. The topological polar surface area (TPSA) is 89.9 Å². The van der Waals surface area contributed by atoms with Crippen LogP contribution in [0.2, 0.25) is 0 Å². The Morgan fingerprint density at radius 3 is 2.41 bits per heavy atom. The molecule has 1 aromatic rings. The number of carbonyl (C=O) groups is 2. The van der Waals surface area contributed by atoms with E-state index in [9.17, 15) is 9.59 Å². The lowest BCUT2D eigenvalue weighted by atomic mass is 10.3. The number of carbonyl (C=O) groups excluding carboxylic acids is 1. The standard InChI is InChI=1S/C11H14N2O4/c1-13(8-5-3-2-4-6-8)11(17)12-9(7-14)10(15)16/h2-6,9,14H,7H2,1H3,(H,12,17)(H,15,16)/t9-/m1/s1. The Morgan fingerprint density at radius 2 is 1.94 bits per heavy atom. The zero-order chi connectivity index (χ0) is 12.8. The number of nitrogens with zero attached hydrogens (tertiary/aromatic N) is 1. The maximum absolute atomic E-state index is 11.7. The summed E-state index contributed by atoms with van der Waals surface area (Å²) in [5.74, 6) is -1.28. The van der Waals surface area contributed by atoms with Gasteiger partial charge in [0.25, 0.3) is 0 Å². The molecule has 0 aliphatic carbocycles. The minimum Gasteiger partial charge on any atom is -0.480 e. The molecule has 0 bridgehead atoms. The van der Waals surface area contributed by atoms with Crippen molar-refractivity contribution in [3.05, 3.63) is 30.3 Å². The highest BCUT2D eigenvalue weighted by molar-refractivity contribution is 5.93. The number of para-hydroxylation sites is 1. The van der Waals surface area contributed by atoms with Crippen molar-refractivity contribution < 1.29 is 19.8 Å². The molecular formula is C11H14N2O4. The molecule has 1 aromatic carbocycles. The van der Waals surface area contributed by atoms with Gasteiger partial charge in [-0.1, -0.05) is 18.2 Å². The Hall–Kier alpha value is -2.08. The predicted molar refractivity (Wildman–Crippen MR) is 61.9 cm³/mol. The average molecular weight is 238 g/mol. The van der Waals surface area contributed by atoms with Crippen LogP contribution in [-0.2, 0) is 4.79 Å². The summed E-state index contributed by atoms with van der Waals surface area (Å²) in [6, 6.07) is 6.89. The minimum atomic E-state index is -1.30. The molecule has 0 unspecified atom stereocenters. The number of urea groups is 1. The van der Waals surface area contributed by atoms with E-state index in [1.165, 1.54) is 11.9 Å². The molecule has 1 rings (SSSR count). The molecule has 0 aliphatic heterocycles. The van der Waals surface area contributed by atoms with Crippen LogP contribution < -0.4 is 10.2 Å². The second-order valence-corrected chi connectivity index (χ2v) is 3.42. The van der Waals surface area contributed by atoms with E-state index in [0.29, 0.717) is 5.69 Å². The molecule has 92 valence electrons. The van der Waals surface area contributed by atoms with Crippen LogP contribution >= 0.6 is 0 Å². The number of aliphatic carboxylic acids is 1. The number of amides is 2. The van der Waals surface area contributed by atoms with E-state index < -0.39 is 24.6 Å². The summed E-state index contributed by atoms with van der Waals surface area (Å²) in [4.78, 5) is 23.6. The number of aliphatic hydroxyl groups is 1. The monoisotopic (exact) mass is 238 g/mol. The number of benzene rings is 1. The molecule has 2 amide bonds. The normalized spacial score (nSPS) is 11.6. The van der Waals surface area contributed by atoms with Gasteiger partial charge in [0.15, 0.2) is 6.04 Å². The smallest absolute Gasteiger partial charge is 0.328 e. The van der Waals surface area contributed by atoms with Crippen LogP contribution in [0, 0.1) is 0 Å². The largest absolute Gasteiger partial charge is 0.480 e. The van der Waals surface area contributed by atoms with E-state index in [-0.39, 0.29) is 0 Å². The number of aliphatic hydroxyl groups excluding tert-OH is 1. The van der Waals surface area contributed by atoms with Gasteiger partial charge in [0.2, 0.25) is 0 Å². The number of nitrogens with one attached hydrogen (secondary N) is 1. The van der Waals surface area contributed by atoms with Gasteiger partial charge >= 0.3 is 12.0 Å². The number of carboxylic acids is 1. The lowest BCUT2D eigenvalue weighted by Crippen LogP contribution is -2.48. The highest BCUT2D eigenvalue weighted by atomic mass is 16.4. The molecule has 0 aliphatic rings. The summed E-state index contributed by atoms with van der Waals surface area (Å²) in [7, 11) is 1.51. The van der Waals surface area contributed by atoms with Gasteiger partial charge in [-0.25, -0.2) is 9.59 Å². The van der Waals surface area contributed by atoms with Crippen molar-refractivity contribution in [2.24, 2.45) is 0 Å². The van der Waals surface area contributed by atoms with Crippen molar-refractivity contribution in [1.82, 2.24) is 5.32 Å². The van der Waals surface area contributed by atoms with Gasteiger partial charge in [-0.15, -0.1) is 0 Å².